The van der Waals surface area contributed by atoms with E-state index in [9.17, 15) is 4.79 Å². The Bertz CT molecular complexity index is 1270. The smallest absolute Gasteiger partial charge is 0.328 e. The molecule has 156 valence electrons. The number of nitrogens with zero attached hydrogens (tertiary/aromatic N) is 4. The van der Waals surface area contributed by atoms with Gasteiger partial charge < -0.3 is 14.6 Å². The molecule has 1 N–H and O–H groups in total. The molecule has 0 spiro atoms. The van der Waals surface area contributed by atoms with Crippen LogP contribution in [0.4, 0.5) is 0 Å². The van der Waals surface area contributed by atoms with Gasteiger partial charge in [0.15, 0.2) is 22.3 Å². The summed E-state index contributed by atoms with van der Waals surface area (Å²) < 4.78 is 12.4. The number of hydrogen-bond acceptors (Lipinski definition) is 7. The highest BCUT2D eigenvalue weighted by Crippen LogP contribution is 2.34. The maximum atomic E-state index is 10.7. The Labute approximate surface area is 182 Å². The molecular weight excluding hydrogens is 416 g/mol. The van der Waals surface area contributed by atoms with Crippen LogP contribution in [-0.4, -0.2) is 44.9 Å². The monoisotopic (exact) mass is 434 g/mol. The van der Waals surface area contributed by atoms with Crippen molar-refractivity contribution in [1.82, 2.24) is 19.6 Å². The highest BCUT2D eigenvalue weighted by atomic mass is 32.2. The average Bonchev–Trinajstić information content (AvgIpc) is 3.27. The van der Waals surface area contributed by atoms with Crippen LogP contribution < -0.4 is 9.47 Å². The van der Waals surface area contributed by atoms with E-state index in [2.05, 4.69) is 10.1 Å². The Kier molecular flexibility index (Phi) is 5.85. The van der Waals surface area contributed by atoms with Gasteiger partial charge in [0, 0.05) is 22.6 Å². The molecule has 0 aliphatic carbocycles. The van der Waals surface area contributed by atoms with Crippen LogP contribution in [0.3, 0.4) is 0 Å². The van der Waals surface area contributed by atoms with Crippen LogP contribution in [0.2, 0.25) is 0 Å². The summed E-state index contributed by atoms with van der Waals surface area (Å²) in [7, 11) is 3.18. The van der Waals surface area contributed by atoms with Crippen molar-refractivity contribution in [2.24, 2.45) is 0 Å². The number of fused-ring (bicyclic) bond motifs is 1. The van der Waals surface area contributed by atoms with Crippen LogP contribution in [0.15, 0.2) is 71.0 Å². The van der Waals surface area contributed by atoms with Crippen LogP contribution in [0, 0.1) is 0 Å². The van der Waals surface area contributed by atoms with Crippen molar-refractivity contribution >= 4 is 29.5 Å². The zero-order valence-corrected chi connectivity index (χ0v) is 17.5. The first-order valence-electron chi connectivity index (χ1n) is 9.19. The van der Waals surface area contributed by atoms with Gasteiger partial charge in [-0.05, 0) is 53.7 Å². The van der Waals surface area contributed by atoms with Gasteiger partial charge in [0.1, 0.15) is 6.33 Å². The Morgan fingerprint density at radius 1 is 1.06 bits per heavy atom. The Hall–Kier alpha value is -3.85. The standard InChI is InChI=1S/C22H18N4O4S/c1-29-18-9-6-15(11-19(18)30-2)17-12-20-23-13-24-26(20)22(25-17)31-16-7-3-14(4-8-16)5-10-21(27)28/h3-13H,1-2H3,(H,27,28). The Morgan fingerprint density at radius 2 is 1.84 bits per heavy atom. The maximum Gasteiger partial charge on any atom is 0.328 e. The molecule has 0 saturated heterocycles. The van der Waals surface area contributed by atoms with E-state index in [-0.39, 0.29) is 0 Å². The van der Waals surface area contributed by atoms with Crippen molar-refractivity contribution in [3.63, 3.8) is 0 Å². The maximum absolute atomic E-state index is 10.7. The second-order valence-electron chi connectivity index (χ2n) is 6.37. The summed E-state index contributed by atoms with van der Waals surface area (Å²) >= 11 is 1.43. The number of rotatable bonds is 7. The number of methoxy groups -OCH3 is 2. The molecule has 0 unspecified atom stereocenters. The quantitative estimate of drug-likeness (QED) is 0.343. The van der Waals surface area contributed by atoms with Crippen molar-refractivity contribution in [2.45, 2.75) is 10.1 Å². The topological polar surface area (TPSA) is 98.8 Å². The SMILES string of the molecule is COc1ccc(-c2cc3ncnn3c(Sc3ccc(C=CC(=O)O)cc3)n2)cc1OC. The number of carboxylic acids is 1. The summed E-state index contributed by atoms with van der Waals surface area (Å²) in [5.74, 6) is 0.270. The van der Waals surface area contributed by atoms with E-state index in [1.807, 2.05) is 48.5 Å². The first-order valence-corrected chi connectivity index (χ1v) is 10.0. The highest BCUT2D eigenvalue weighted by molar-refractivity contribution is 7.99. The van der Waals surface area contributed by atoms with Crippen molar-refractivity contribution in [3.05, 3.63) is 66.5 Å². The van der Waals surface area contributed by atoms with Gasteiger partial charge in [0.2, 0.25) is 0 Å². The van der Waals surface area contributed by atoms with Crippen LogP contribution in [0.1, 0.15) is 5.56 Å². The number of aromatic nitrogens is 4. The first-order chi connectivity index (χ1) is 15.1. The molecule has 4 aromatic rings. The molecule has 0 saturated carbocycles. The number of aliphatic carboxylic acids is 1. The molecule has 0 aliphatic rings. The minimum atomic E-state index is -0.983. The molecule has 0 aliphatic heterocycles. The minimum absolute atomic E-state index is 0.613. The lowest BCUT2D eigenvalue weighted by Crippen LogP contribution is -1.99. The van der Waals surface area contributed by atoms with Gasteiger partial charge in [-0.2, -0.15) is 9.61 Å². The van der Waals surface area contributed by atoms with Crippen molar-refractivity contribution in [1.29, 1.82) is 0 Å². The second-order valence-corrected chi connectivity index (χ2v) is 7.41. The largest absolute Gasteiger partial charge is 0.493 e. The zero-order chi connectivity index (χ0) is 21.8. The van der Waals surface area contributed by atoms with E-state index in [4.69, 9.17) is 19.6 Å². The van der Waals surface area contributed by atoms with Gasteiger partial charge in [-0.25, -0.2) is 14.8 Å². The van der Waals surface area contributed by atoms with Gasteiger partial charge in [-0.3, -0.25) is 0 Å². The summed E-state index contributed by atoms with van der Waals surface area (Å²) in [6.07, 6.45) is 4.14. The van der Waals surface area contributed by atoms with E-state index >= 15 is 0 Å². The normalized spacial score (nSPS) is 11.2. The third-order valence-corrected chi connectivity index (χ3v) is 5.38. The average molecular weight is 434 g/mol. The number of ether oxygens (including phenoxy) is 2. The van der Waals surface area contributed by atoms with Crippen LogP contribution in [0.5, 0.6) is 11.5 Å². The molecule has 9 heteroatoms. The summed E-state index contributed by atoms with van der Waals surface area (Å²) in [4.78, 5) is 20.7. The molecule has 0 bridgehead atoms. The van der Waals surface area contributed by atoms with E-state index in [0.29, 0.717) is 22.3 Å². The summed E-state index contributed by atoms with van der Waals surface area (Å²) in [6, 6.07) is 15.0. The Morgan fingerprint density at radius 3 is 2.55 bits per heavy atom. The van der Waals surface area contributed by atoms with Crippen molar-refractivity contribution in [3.8, 4) is 22.8 Å². The zero-order valence-electron chi connectivity index (χ0n) is 16.7. The number of carboxylic acid groups (broad SMARTS) is 1. The highest BCUT2D eigenvalue weighted by Gasteiger charge is 2.13. The molecular formula is C22H18N4O4S. The molecule has 4 rings (SSSR count). The van der Waals surface area contributed by atoms with Gasteiger partial charge >= 0.3 is 5.97 Å². The fourth-order valence-corrected chi connectivity index (χ4v) is 3.78. The lowest BCUT2D eigenvalue weighted by atomic mass is 10.1. The fraction of sp³-hybridized carbons (Fsp3) is 0.0909. The Balaban J connectivity index is 1.69. The van der Waals surface area contributed by atoms with E-state index in [1.165, 1.54) is 18.1 Å². The van der Waals surface area contributed by atoms with Gasteiger partial charge in [0.05, 0.1) is 19.9 Å². The second kappa shape index (κ2) is 8.88. The molecule has 2 heterocycles. The van der Waals surface area contributed by atoms with Crippen LogP contribution in [-0.2, 0) is 4.79 Å². The van der Waals surface area contributed by atoms with E-state index < -0.39 is 5.97 Å². The number of benzene rings is 2. The summed E-state index contributed by atoms with van der Waals surface area (Å²) in [5.41, 5.74) is 3.05. The predicted octanol–water partition coefficient (Wildman–Crippen LogP) is 4.06. The molecule has 0 atom stereocenters. The molecule has 8 nitrogen and oxygen atoms in total. The molecule has 0 amide bonds. The fourth-order valence-electron chi connectivity index (χ4n) is 2.93. The lowest BCUT2D eigenvalue weighted by molar-refractivity contribution is -0.131. The molecule has 2 aromatic carbocycles. The van der Waals surface area contributed by atoms with Gasteiger partial charge in [-0.1, -0.05) is 12.1 Å². The van der Waals surface area contributed by atoms with E-state index in [0.717, 1.165) is 27.8 Å². The lowest BCUT2D eigenvalue weighted by Gasteiger charge is -2.11. The van der Waals surface area contributed by atoms with Crippen molar-refractivity contribution in [2.75, 3.05) is 14.2 Å². The van der Waals surface area contributed by atoms with Crippen LogP contribution in [0.25, 0.3) is 23.0 Å². The summed E-state index contributed by atoms with van der Waals surface area (Å²) in [5, 5.41) is 13.7. The molecule has 0 radical (unpaired) electrons. The third-order valence-electron chi connectivity index (χ3n) is 4.42. The molecule has 2 aromatic heterocycles. The molecule has 0 fully saturated rings. The summed E-state index contributed by atoms with van der Waals surface area (Å²) in [6.45, 7) is 0. The van der Waals surface area contributed by atoms with Crippen LogP contribution >= 0.6 is 11.8 Å². The number of hydrogen-bond donors (Lipinski definition) is 1. The van der Waals surface area contributed by atoms with Crippen molar-refractivity contribution < 1.29 is 19.4 Å². The van der Waals surface area contributed by atoms with E-state index in [1.54, 1.807) is 24.8 Å². The number of carbonyl (C=O) groups is 1. The van der Waals surface area contributed by atoms with Gasteiger partial charge in [-0.15, -0.1) is 0 Å². The molecule has 31 heavy (non-hydrogen) atoms. The third kappa shape index (κ3) is 4.51. The van der Waals surface area contributed by atoms with Gasteiger partial charge in [0.25, 0.3) is 0 Å². The minimum Gasteiger partial charge on any atom is -0.493 e. The predicted molar refractivity (Wildman–Crippen MR) is 117 cm³/mol. The first kappa shape index (κ1) is 20.4.